The SMILES string of the molecule is COc1cccc(Nc2nnc(SCc3noc(-c4ccc(Cl)cc4)n3)s2)c1. The Labute approximate surface area is 174 Å². The van der Waals surface area contributed by atoms with Gasteiger partial charge in [-0.3, -0.25) is 0 Å². The number of benzene rings is 2. The molecule has 0 saturated heterocycles. The molecule has 0 aliphatic carbocycles. The average Bonchev–Trinajstić information content (AvgIpc) is 3.37. The fourth-order valence-electron chi connectivity index (χ4n) is 2.29. The smallest absolute Gasteiger partial charge is 0.257 e. The molecule has 2 aromatic heterocycles. The Kier molecular flexibility index (Phi) is 5.75. The maximum Gasteiger partial charge on any atom is 0.257 e. The van der Waals surface area contributed by atoms with Gasteiger partial charge in [0.2, 0.25) is 5.13 Å². The van der Waals surface area contributed by atoms with Crippen LogP contribution in [-0.2, 0) is 5.75 Å². The molecular weight excluding hydrogens is 418 g/mol. The zero-order valence-corrected chi connectivity index (χ0v) is 17.0. The zero-order chi connectivity index (χ0) is 19.3. The van der Waals surface area contributed by atoms with Gasteiger partial charge in [-0.1, -0.05) is 45.9 Å². The minimum absolute atomic E-state index is 0.463. The van der Waals surface area contributed by atoms with Crippen molar-refractivity contribution >= 4 is 45.5 Å². The highest BCUT2D eigenvalue weighted by molar-refractivity contribution is 8.00. The van der Waals surface area contributed by atoms with Crippen molar-refractivity contribution in [1.82, 2.24) is 20.3 Å². The Morgan fingerprint density at radius 3 is 2.86 bits per heavy atom. The minimum atomic E-state index is 0.463. The Morgan fingerprint density at radius 2 is 2.04 bits per heavy atom. The molecule has 0 unspecified atom stereocenters. The van der Waals surface area contributed by atoms with Gasteiger partial charge in [0, 0.05) is 22.3 Å². The summed E-state index contributed by atoms with van der Waals surface area (Å²) in [5, 5.41) is 16.9. The molecule has 0 spiro atoms. The van der Waals surface area contributed by atoms with Crippen molar-refractivity contribution in [3.63, 3.8) is 0 Å². The maximum atomic E-state index is 5.90. The number of ether oxygens (including phenoxy) is 1. The van der Waals surface area contributed by atoms with Gasteiger partial charge in [0.25, 0.3) is 5.89 Å². The van der Waals surface area contributed by atoms with Crippen LogP contribution in [0.25, 0.3) is 11.5 Å². The van der Waals surface area contributed by atoms with Crippen molar-refractivity contribution in [2.45, 2.75) is 10.1 Å². The van der Waals surface area contributed by atoms with Crippen molar-refractivity contribution in [3.8, 4) is 17.2 Å². The Bertz CT molecular complexity index is 1070. The summed E-state index contributed by atoms with van der Waals surface area (Å²) in [5.74, 6) is 2.36. The van der Waals surface area contributed by atoms with Crippen molar-refractivity contribution < 1.29 is 9.26 Å². The highest BCUT2D eigenvalue weighted by atomic mass is 35.5. The van der Waals surface area contributed by atoms with Gasteiger partial charge in [0.1, 0.15) is 5.75 Å². The fourth-order valence-corrected chi connectivity index (χ4v) is 4.03. The second-order valence-corrected chi connectivity index (χ2v) is 8.18. The number of halogens is 1. The number of methoxy groups -OCH3 is 1. The van der Waals surface area contributed by atoms with Crippen LogP contribution in [0.2, 0.25) is 5.02 Å². The average molecular weight is 432 g/mol. The van der Waals surface area contributed by atoms with Gasteiger partial charge in [0.15, 0.2) is 10.2 Å². The van der Waals surface area contributed by atoms with Crippen LogP contribution in [0.15, 0.2) is 57.4 Å². The van der Waals surface area contributed by atoms with E-state index in [0.29, 0.717) is 27.6 Å². The second kappa shape index (κ2) is 8.59. The monoisotopic (exact) mass is 431 g/mol. The Balaban J connectivity index is 1.36. The van der Waals surface area contributed by atoms with E-state index >= 15 is 0 Å². The number of hydrogen-bond acceptors (Lipinski definition) is 9. The maximum absolute atomic E-state index is 5.90. The largest absolute Gasteiger partial charge is 0.497 e. The van der Waals surface area contributed by atoms with Crippen LogP contribution in [0.4, 0.5) is 10.8 Å². The van der Waals surface area contributed by atoms with Crippen LogP contribution >= 0.6 is 34.7 Å². The van der Waals surface area contributed by atoms with E-state index in [1.165, 1.54) is 23.1 Å². The third kappa shape index (κ3) is 4.61. The number of nitrogens with zero attached hydrogens (tertiary/aromatic N) is 4. The molecule has 10 heteroatoms. The number of hydrogen-bond donors (Lipinski definition) is 1. The van der Waals surface area contributed by atoms with Crippen LogP contribution in [0.1, 0.15) is 5.82 Å². The molecule has 0 aliphatic heterocycles. The van der Waals surface area contributed by atoms with Crippen LogP contribution in [0.3, 0.4) is 0 Å². The van der Waals surface area contributed by atoms with Gasteiger partial charge in [-0.25, -0.2) is 0 Å². The molecule has 142 valence electrons. The number of anilines is 2. The summed E-state index contributed by atoms with van der Waals surface area (Å²) in [6.45, 7) is 0. The summed E-state index contributed by atoms with van der Waals surface area (Å²) in [4.78, 5) is 4.40. The molecule has 0 bridgehead atoms. The molecule has 4 aromatic rings. The standard InChI is InChI=1S/C18H14ClN5O2S2/c1-25-14-4-2-3-13(9-14)20-17-22-23-18(28-17)27-10-15-21-16(26-24-15)11-5-7-12(19)8-6-11/h2-9H,10H2,1H3,(H,20,22). The van der Waals surface area contributed by atoms with Gasteiger partial charge < -0.3 is 14.6 Å². The lowest BCUT2D eigenvalue weighted by atomic mass is 10.2. The third-order valence-corrected chi connectivity index (χ3v) is 5.83. The highest BCUT2D eigenvalue weighted by Gasteiger charge is 2.11. The van der Waals surface area contributed by atoms with Gasteiger partial charge in [0.05, 0.1) is 12.9 Å². The first-order valence-corrected chi connectivity index (χ1v) is 10.3. The number of rotatable bonds is 7. The minimum Gasteiger partial charge on any atom is -0.497 e. The van der Waals surface area contributed by atoms with Crippen molar-refractivity contribution in [2.24, 2.45) is 0 Å². The molecule has 0 radical (unpaired) electrons. The molecule has 1 N–H and O–H groups in total. The molecule has 0 aliphatic rings. The van der Waals surface area contributed by atoms with E-state index in [4.69, 9.17) is 20.9 Å². The molecule has 7 nitrogen and oxygen atoms in total. The van der Waals surface area contributed by atoms with Crippen LogP contribution in [0, 0.1) is 0 Å². The van der Waals surface area contributed by atoms with E-state index in [9.17, 15) is 0 Å². The number of nitrogens with one attached hydrogen (secondary N) is 1. The van der Waals surface area contributed by atoms with Gasteiger partial charge in [-0.05, 0) is 36.4 Å². The summed E-state index contributed by atoms with van der Waals surface area (Å²) in [6, 6.07) is 14.9. The van der Waals surface area contributed by atoms with Gasteiger partial charge >= 0.3 is 0 Å². The van der Waals surface area contributed by atoms with Gasteiger partial charge in [-0.15, -0.1) is 10.2 Å². The van der Waals surface area contributed by atoms with E-state index in [-0.39, 0.29) is 0 Å². The molecule has 28 heavy (non-hydrogen) atoms. The third-order valence-electron chi connectivity index (χ3n) is 3.61. The topological polar surface area (TPSA) is 86.0 Å². The van der Waals surface area contributed by atoms with Crippen molar-refractivity contribution in [2.75, 3.05) is 12.4 Å². The lowest BCUT2D eigenvalue weighted by Crippen LogP contribution is -1.90. The lowest BCUT2D eigenvalue weighted by Gasteiger charge is -2.04. The molecule has 0 fully saturated rings. The molecule has 4 rings (SSSR count). The Morgan fingerprint density at radius 1 is 1.18 bits per heavy atom. The van der Waals surface area contributed by atoms with Gasteiger partial charge in [-0.2, -0.15) is 4.98 Å². The fraction of sp³-hybridized carbons (Fsp3) is 0.111. The summed E-state index contributed by atoms with van der Waals surface area (Å²) < 4.78 is 11.3. The summed E-state index contributed by atoms with van der Waals surface area (Å²) >= 11 is 8.85. The lowest BCUT2D eigenvalue weighted by molar-refractivity contribution is 0.415. The zero-order valence-electron chi connectivity index (χ0n) is 14.6. The van der Waals surface area contributed by atoms with Crippen LogP contribution in [-0.4, -0.2) is 27.4 Å². The second-order valence-electron chi connectivity index (χ2n) is 5.54. The van der Waals surface area contributed by atoms with Crippen LogP contribution < -0.4 is 10.1 Å². The molecular formula is C18H14ClN5O2S2. The van der Waals surface area contributed by atoms with Crippen molar-refractivity contribution in [1.29, 1.82) is 0 Å². The first kappa shape index (κ1) is 18.7. The molecule has 0 saturated carbocycles. The van der Waals surface area contributed by atoms with E-state index in [2.05, 4.69) is 25.7 Å². The van der Waals surface area contributed by atoms with Crippen molar-refractivity contribution in [3.05, 3.63) is 59.4 Å². The molecule has 2 aromatic carbocycles. The van der Waals surface area contributed by atoms with E-state index in [1.807, 2.05) is 36.4 Å². The van der Waals surface area contributed by atoms with E-state index in [1.54, 1.807) is 19.2 Å². The molecule has 0 atom stereocenters. The van der Waals surface area contributed by atoms with E-state index < -0.39 is 0 Å². The number of thioether (sulfide) groups is 1. The van der Waals surface area contributed by atoms with Crippen LogP contribution in [0.5, 0.6) is 5.75 Å². The quantitative estimate of drug-likeness (QED) is 0.395. The van der Waals surface area contributed by atoms with E-state index in [0.717, 1.165) is 21.3 Å². The first-order valence-electron chi connectivity index (χ1n) is 8.15. The summed E-state index contributed by atoms with van der Waals surface area (Å²) in [5.41, 5.74) is 1.71. The number of aromatic nitrogens is 4. The predicted molar refractivity (Wildman–Crippen MR) is 110 cm³/mol. The normalized spacial score (nSPS) is 10.8. The Hall–Kier alpha value is -2.62. The summed E-state index contributed by atoms with van der Waals surface area (Å²) in [6.07, 6.45) is 0. The summed E-state index contributed by atoms with van der Waals surface area (Å²) in [7, 11) is 1.63. The molecule has 2 heterocycles. The first-order chi connectivity index (χ1) is 13.7. The molecule has 0 amide bonds. The highest BCUT2D eigenvalue weighted by Crippen LogP contribution is 2.30. The predicted octanol–water partition coefficient (Wildman–Crippen LogP) is 5.29.